The first kappa shape index (κ1) is 35.1. The fourth-order valence-corrected chi connectivity index (χ4v) is 8.31. The molecule has 8 heteroatoms. The maximum atomic E-state index is 14.1. The number of amides is 2. The molecular formula is C48H42N4O4. The highest BCUT2D eigenvalue weighted by Crippen LogP contribution is 2.44. The Bertz CT molecular complexity index is 2390. The molecule has 2 amide bonds. The summed E-state index contributed by atoms with van der Waals surface area (Å²) in [5, 5.41) is 9.65. The predicted molar refractivity (Wildman–Crippen MR) is 218 cm³/mol. The number of benzene rings is 6. The van der Waals surface area contributed by atoms with Crippen LogP contribution in [0.5, 0.6) is 5.75 Å². The quantitative estimate of drug-likeness (QED) is 0.150. The number of hydrogen-bond donors (Lipinski definition) is 1. The van der Waals surface area contributed by atoms with Gasteiger partial charge in [0.15, 0.2) is 0 Å². The number of piperidine rings is 1. The van der Waals surface area contributed by atoms with Crippen molar-refractivity contribution in [2.75, 3.05) is 19.7 Å². The number of rotatable bonds is 9. The highest BCUT2D eigenvalue weighted by atomic mass is 16.6. The molecule has 0 radical (unpaired) electrons. The Balaban J connectivity index is 1.12. The van der Waals surface area contributed by atoms with Gasteiger partial charge in [-0.3, -0.25) is 4.79 Å². The largest absolute Gasteiger partial charge is 0.493 e. The van der Waals surface area contributed by atoms with Crippen molar-refractivity contribution in [2.24, 2.45) is 0 Å². The number of carbonyl (C=O) groups excluding carboxylic acids is 2. The smallest absolute Gasteiger partial charge is 0.410 e. The summed E-state index contributed by atoms with van der Waals surface area (Å²) < 4.78 is 13.6. The van der Waals surface area contributed by atoms with E-state index in [0.29, 0.717) is 25.3 Å². The zero-order valence-corrected chi connectivity index (χ0v) is 31.0. The highest BCUT2D eigenvalue weighted by molar-refractivity contribution is 6.02. The van der Waals surface area contributed by atoms with Gasteiger partial charge in [-0.2, -0.15) is 5.10 Å². The summed E-state index contributed by atoms with van der Waals surface area (Å²) in [7, 11) is 0. The van der Waals surface area contributed by atoms with Crippen LogP contribution in [0.1, 0.15) is 51.0 Å². The van der Waals surface area contributed by atoms with Crippen LogP contribution in [0.15, 0.2) is 158 Å². The van der Waals surface area contributed by atoms with E-state index in [1.165, 1.54) is 0 Å². The molecule has 1 fully saturated rings. The molecule has 1 saturated heterocycles. The first-order valence-corrected chi connectivity index (χ1v) is 19.3. The van der Waals surface area contributed by atoms with E-state index in [1.807, 2.05) is 72.8 Å². The molecule has 1 N–H and O–H groups in total. The van der Waals surface area contributed by atoms with Gasteiger partial charge in [-0.05, 0) is 77.1 Å². The standard InChI is InChI=1S/C48H42N4O4/c53-46(49-41-22-13-28-51(32-41)47(54)56-33-34-14-5-1-6-15-34)37-23-25-43-42(31-37)45(36-24-26-44-35(30-36)27-29-55-44)50-52(43)48(38-16-7-2-8-17-38,39-18-9-3-10-19-39)40-20-11-4-12-21-40/h1-12,14-21,23-26,30-31,41H,13,22,27-29,32-33H2,(H,49,53). The lowest BCUT2D eigenvalue weighted by Gasteiger charge is -2.37. The SMILES string of the molecule is O=C(NC1CCCN(C(=O)OCc2ccccc2)C1)c1ccc2c(c1)c(-c1ccc3c(c1)CCO3)nn2C(c1ccccc1)(c1ccccc1)c1ccccc1. The van der Waals surface area contributed by atoms with Crippen LogP contribution in [0.2, 0.25) is 0 Å². The van der Waals surface area contributed by atoms with E-state index in [-0.39, 0.29) is 24.6 Å². The van der Waals surface area contributed by atoms with Crippen molar-refractivity contribution >= 4 is 22.9 Å². The summed E-state index contributed by atoms with van der Waals surface area (Å²) in [6.45, 7) is 1.84. The average Bonchev–Trinajstić information content (AvgIpc) is 3.89. The van der Waals surface area contributed by atoms with Gasteiger partial charge < -0.3 is 19.7 Å². The third-order valence-electron chi connectivity index (χ3n) is 11.0. The summed E-state index contributed by atoms with van der Waals surface area (Å²) in [5.74, 6) is 0.702. The van der Waals surface area contributed by atoms with Gasteiger partial charge in [0, 0.05) is 42.1 Å². The summed E-state index contributed by atoms with van der Waals surface area (Å²) in [4.78, 5) is 28.8. The van der Waals surface area contributed by atoms with Crippen molar-refractivity contribution in [2.45, 2.75) is 37.5 Å². The number of ether oxygens (including phenoxy) is 2. The van der Waals surface area contributed by atoms with Crippen LogP contribution in [-0.4, -0.2) is 52.4 Å². The summed E-state index contributed by atoms with van der Waals surface area (Å²) in [5.41, 5.74) is 7.53. The molecule has 1 atom stereocenters. The lowest BCUT2D eigenvalue weighted by atomic mass is 9.77. The Morgan fingerprint density at radius 1 is 0.768 bits per heavy atom. The molecule has 0 spiro atoms. The molecule has 278 valence electrons. The predicted octanol–water partition coefficient (Wildman–Crippen LogP) is 9.01. The van der Waals surface area contributed by atoms with Gasteiger partial charge in [0.2, 0.25) is 0 Å². The fraction of sp³-hybridized carbons (Fsp3) is 0.188. The Hall–Kier alpha value is -6.67. The average molecular weight is 739 g/mol. The molecule has 2 aliphatic heterocycles. The molecule has 56 heavy (non-hydrogen) atoms. The fourth-order valence-electron chi connectivity index (χ4n) is 8.31. The Morgan fingerprint density at radius 2 is 1.41 bits per heavy atom. The number of fused-ring (bicyclic) bond motifs is 2. The van der Waals surface area contributed by atoms with Gasteiger partial charge in [0.25, 0.3) is 5.91 Å². The maximum Gasteiger partial charge on any atom is 0.410 e. The number of hydrogen-bond acceptors (Lipinski definition) is 5. The Kier molecular flexibility index (Phi) is 9.53. The first-order chi connectivity index (χ1) is 27.6. The molecule has 2 aliphatic rings. The minimum absolute atomic E-state index is 0.196. The van der Waals surface area contributed by atoms with Crippen molar-refractivity contribution in [1.82, 2.24) is 20.0 Å². The molecule has 0 saturated carbocycles. The van der Waals surface area contributed by atoms with E-state index in [2.05, 4.69) is 94.9 Å². The zero-order valence-electron chi connectivity index (χ0n) is 31.0. The van der Waals surface area contributed by atoms with Crippen LogP contribution < -0.4 is 10.1 Å². The number of nitrogens with zero attached hydrogens (tertiary/aromatic N) is 3. The molecule has 8 nitrogen and oxygen atoms in total. The lowest BCUT2D eigenvalue weighted by Crippen LogP contribution is -2.49. The van der Waals surface area contributed by atoms with Crippen molar-refractivity contribution in [3.05, 3.63) is 191 Å². The molecule has 3 heterocycles. The number of carbonyl (C=O) groups is 2. The van der Waals surface area contributed by atoms with Gasteiger partial charge in [-0.1, -0.05) is 121 Å². The van der Waals surface area contributed by atoms with Crippen molar-refractivity contribution in [3.63, 3.8) is 0 Å². The first-order valence-electron chi connectivity index (χ1n) is 19.3. The van der Waals surface area contributed by atoms with Crippen LogP contribution in [0.3, 0.4) is 0 Å². The summed E-state index contributed by atoms with van der Waals surface area (Å²) in [6.07, 6.45) is 1.99. The van der Waals surface area contributed by atoms with Gasteiger partial charge in [0.05, 0.1) is 12.1 Å². The molecule has 0 bridgehead atoms. The van der Waals surface area contributed by atoms with Crippen LogP contribution in [0, 0.1) is 0 Å². The van der Waals surface area contributed by atoms with Crippen molar-refractivity contribution in [3.8, 4) is 17.0 Å². The van der Waals surface area contributed by atoms with Crippen LogP contribution >= 0.6 is 0 Å². The highest BCUT2D eigenvalue weighted by Gasteiger charge is 2.41. The third-order valence-corrected chi connectivity index (χ3v) is 11.0. The van der Waals surface area contributed by atoms with Gasteiger partial charge in [0.1, 0.15) is 23.6 Å². The summed E-state index contributed by atoms with van der Waals surface area (Å²) in [6, 6.07) is 53.1. The molecule has 0 aliphatic carbocycles. The second-order valence-electron chi connectivity index (χ2n) is 14.5. The monoisotopic (exact) mass is 738 g/mol. The van der Waals surface area contributed by atoms with E-state index in [1.54, 1.807) is 4.90 Å². The number of likely N-dealkylation sites (tertiary alicyclic amines) is 1. The molecule has 1 aromatic heterocycles. The van der Waals surface area contributed by atoms with Gasteiger partial charge >= 0.3 is 6.09 Å². The van der Waals surface area contributed by atoms with Crippen LogP contribution in [-0.2, 0) is 23.3 Å². The van der Waals surface area contributed by atoms with Crippen LogP contribution in [0.4, 0.5) is 4.79 Å². The van der Waals surface area contributed by atoms with Crippen LogP contribution in [0.25, 0.3) is 22.2 Å². The van der Waals surface area contributed by atoms with E-state index in [9.17, 15) is 9.59 Å². The maximum absolute atomic E-state index is 14.1. The minimum Gasteiger partial charge on any atom is -0.493 e. The zero-order chi connectivity index (χ0) is 37.9. The van der Waals surface area contributed by atoms with Gasteiger partial charge in [-0.25, -0.2) is 9.48 Å². The normalized spacial score (nSPS) is 15.2. The summed E-state index contributed by atoms with van der Waals surface area (Å²) >= 11 is 0. The minimum atomic E-state index is -0.857. The van der Waals surface area contributed by atoms with E-state index in [0.717, 1.165) is 75.0 Å². The van der Waals surface area contributed by atoms with E-state index in [4.69, 9.17) is 14.6 Å². The van der Waals surface area contributed by atoms with Crippen molar-refractivity contribution < 1.29 is 19.1 Å². The topological polar surface area (TPSA) is 85.7 Å². The number of aromatic nitrogens is 2. The molecular weight excluding hydrogens is 697 g/mol. The number of nitrogens with one attached hydrogen (secondary N) is 1. The Morgan fingerprint density at radius 3 is 2.07 bits per heavy atom. The molecule has 6 aromatic carbocycles. The second kappa shape index (κ2) is 15.2. The van der Waals surface area contributed by atoms with E-state index >= 15 is 0 Å². The lowest BCUT2D eigenvalue weighted by molar-refractivity contribution is 0.0770. The van der Waals surface area contributed by atoms with Gasteiger partial charge in [-0.15, -0.1) is 0 Å². The van der Waals surface area contributed by atoms with E-state index < -0.39 is 5.54 Å². The molecule has 1 unspecified atom stereocenters. The second-order valence-corrected chi connectivity index (χ2v) is 14.5. The molecule has 7 aromatic rings. The Labute approximate surface area is 326 Å². The molecule has 9 rings (SSSR count). The third kappa shape index (κ3) is 6.57. The van der Waals surface area contributed by atoms with Crippen molar-refractivity contribution in [1.29, 1.82) is 0 Å².